The van der Waals surface area contributed by atoms with Gasteiger partial charge in [-0.3, -0.25) is 4.79 Å². The number of thiol groups is 1. The van der Waals surface area contributed by atoms with Crippen molar-refractivity contribution in [3.8, 4) is 0 Å². The Balaban J connectivity index is 2.15. The zero-order valence-corrected chi connectivity index (χ0v) is 11.0. The van der Waals surface area contributed by atoms with E-state index in [4.69, 9.17) is 0 Å². The Morgan fingerprint density at radius 3 is 2.61 bits per heavy atom. The highest BCUT2D eigenvalue weighted by Gasteiger charge is 2.29. The second kappa shape index (κ2) is 5.44. The maximum Gasteiger partial charge on any atom is 0.337 e. The van der Waals surface area contributed by atoms with Crippen LogP contribution in [0.3, 0.4) is 0 Å². The number of hydrogen-bond acceptors (Lipinski definition) is 4. The van der Waals surface area contributed by atoms with Crippen LogP contribution in [0.1, 0.15) is 16.8 Å². The van der Waals surface area contributed by atoms with Crippen LogP contribution in [0.25, 0.3) is 0 Å². The highest BCUT2D eigenvalue weighted by Crippen LogP contribution is 2.25. The zero-order chi connectivity index (χ0) is 13.1. The van der Waals surface area contributed by atoms with Gasteiger partial charge in [0.1, 0.15) is 0 Å². The molecule has 0 radical (unpaired) electrons. The van der Waals surface area contributed by atoms with Crippen LogP contribution in [-0.4, -0.2) is 31.3 Å². The van der Waals surface area contributed by atoms with Gasteiger partial charge in [-0.25, -0.2) is 4.79 Å². The van der Waals surface area contributed by atoms with Crippen LogP contribution in [0, 0.1) is 5.92 Å². The first-order valence-electron chi connectivity index (χ1n) is 5.75. The Labute approximate surface area is 111 Å². The van der Waals surface area contributed by atoms with Gasteiger partial charge in [0.15, 0.2) is 0 Å². The van der Waals surface area contributed by atoms with Gasteiger partial charge in [-0.1, -0.05) is 0 Å². The van der Waals surface area contributed by atoms with E-state index in [0.717, 1.165) is 5.69 Å². The molecule has 0 saturated carbocycles. The van der Waals surface area contributed by atoms with Crippen molar-refractivity contribution in [2.75, 3.05) is 24.3 Å². The summed E-state index contributed by atoms with van der Waals surface area (Å²) in [6.07, 6.45) is 0.544. The third kappa shape index (κ3) is 2.51. The number of carbonyl (C=O) groups is 2. The number of ether oxygens (including phenoxy) is 1. The fourth-order valence-corrected chi connectivity index (χ4v) is 2.29. The zero-order valence-electron chi connectivity index (χ0n) is 10.1. The molecule has 5 heteroatoms. The van der Waals surface area contributed by atoms with Crippen molar-refractivity contribution in [2.24, 2.45) is 5.92 Å². The van der Waals surface area contributed by atoms with E-state index in [1.807, 2.05) is 0 Å². The topological polar surface area (TPSA) is 46.6 Å². The fraction of sp³-hybridized carbons (Fsp3) is 0.385. The molecule has 18 heavy (non-hydrogen) atoms. The summed E-state index contributed by atoms with van der Waals surface area (Å²) in [6.45, 7) is 0.694. The number of amides is 1. The van der Waals surface area contributed by atoms with Gasteiger partial charge in [-0.05, 0) is 35.9 Å². The van der Waals surface area contributed by atoms with Crippen molar-refractivity contribution in [3.63, 3.8) is 0 Å². The van der Waals surface area contributed by atoms with Crippen LogP contribution in [0.4, 0.5) is 5.69 Å². The molecule has 0 spiro atoms. The van der Waals surface area contributed by atoms with E-state index >= 15 is 0 Å². The Bertz CT molecular complexity index is 458. The van der Waals surface area contributed by atoms with E-state index in [2.05, 4.69) is 17.4 Å². The summed E-state index contributed by atoms with van der Waals surface area (Å²) in [4.78, 5) is 24.9. The van der Waals surface area contributed by atoms with E-state index in [-0.39, 0.29) is 11.9 Å². The molecule has 0 N–H and O–H groups in total. The lowest BCUT2D eigenvalue weighted by atomic mass is 10.1. The van der Waals surface area contributed by atoms with Gasteiger partial charge in [0.05, 0.1) is 12.7 Å². The largest absolute Gasteiger partial charge is 0.465 e. The minimum absolute atomic E-state index is 0.111. The monoisotopic (exact) mass is 265 g/mol. The van der Waals surface area contributed by atoms with Crippen LogP contribution < -0.4 is 4.90 Å². The van der Waals surface area contributed by atoms with E-state index in [9.17, 15) is 9.59 Å². The molecule has 1 heterocycles. The van der Waals surface area contributed by atoms with Crippen molar-refractivity contribution in [1.29, 1.82) is 0 Å². The van der Waals surface area contributed by atoms with Gasteiger partial charge in [-0.2, -0.15) is 12.6 Å². The summed E-state index contributed by atoms with van der Waals surface area (Å²) >= 11 is 4.23. The molecular weight excluding hydrogens is 250 g/mol. The standard InChI is InChI=1S/C13H15NO3S/c1-17-13(16)10-2-4-11(5-3-10)14-7-9(8-18)6-12(14)15/h2-5,9,18H,6-8H2,1H3. The average Bonchev–Trinajstić information content (AvgIpc) is 2.79. The molecular formula is C13H15NO3S. The first-order chi connectivity index (χ1) is 8.65. The second-order valence-electron chi connectivity index (χ2n) is 4.30. The molecule has 1 saturated heterocycles. The fourth-order valence-electron chi connectivity index (χ4n) is 2.05. The van der Waals surface area contributed by atoms with Gasteiger partial charge >= 0.3 is 5.97 Å². The van der Waals surface area contributed by atoms with Crippen molar-refractivity contribution < 1.29 is 14.3 Å². The lowest BCUT2D eigenvalue weighted by Crippen LogP contribution is -2.24. The van der Waals surface area contributed by atoms with E-state index in [1.165, 1.54) is 7.11 Å². The summed E-state index contributed by atoms with van der Waals surface area (Å²) in [7, 11) is 1.34. The molecule has 1 atom stereocenters. The normalized spacial score (nSPS) is 19.1. The first kappa shape index (κ1) is 13.0. The number of esters is 1. The predicted molar refractivity (Wildman–Crippen MR) is 72.1 cm³/mol. The maximum absolute atomic E-state index is 11.8. The molecule has 2 rings (SSSR count). The third-order valence-corrected chi connectivity index (χ3v) is 3.58. The number of nitrogens with zero attached hydrogens (tertiary/aromatic N) is 1. The molecule has 1 unspecified atom stereocenters. The quantitative estimate of drug-likeness (QED) is 0.669. The molecule has 0 bridgehead atoms. The predicted octanol–water partition coefficient (Wildman–Crippen LogP) is 1.76. The Morgan fingerprint density at radius 2 is 2.11 bits per heavy atom. The molecule has 1 fully saturated rings. The molecule has 4 nitrogen and oxygen atoms in total. The third-order valence-electron chi connectivity index (χ3n) is 3.06. The Kier molecular flexibility index (Phi) is 3.91. The smallest absolute Gasteiger partial charge is 0.337 e. The molecule has 96 valence electrons. The van der Waals surface area contributed by atoms with Crippen LogP contribution in [0.2, 0.25) is 0 Å². The number of rotatable bonds is 3. The van der Waals surface area contributed by atoms with Crippen molar-refractivity contribution in [1.82, 2.24) is 0 Å². The highest BCUT2D eigenvalue weighted by molar-refractivity contribution is 7.80. The maximum atomic E-state index is 11.8. The van der Waals surface area contributed by atoms with Crippen LogP contribution in [0.15, 0.2) is 24.3 Å². The molecule has 0 aromatic heterocycles. The molecule has 0 aliphatic carbocycles. The summed E-state index contributed by atoms with van der Waals surface area (Å²) in [6, 6.07) is 6.88. The molecule has 1 aromatic rings. The van der Waals surface area contributed by atoms with Gasteiger partial charge in [0.25, 0.3) is 0 Å². The van der Waals surface area contributed by atoms with E-state index in [1.54, 1.807) is 29.2 Å². The van der Waals surface area contributed by atoms with Crippen LogP contribution in [0.5, 0.6) is 0 Å². The Hall–Kier alpha value is -1.49. The number of hydrogen-bond donors (Lipinski definition) is 1. The summed E-state index contributed by atoms with van der Waals surface area (Å²) in [5, 5.41) is 0. The number of methoxy groups -OCH3 is 1. The van der Waals surface area contributed by atoms with Crippen molar-refractivity contribution in [3.05, 3.63) is 29.8 Å². The van der Waals surface area contributed by atoms with Crippen LogP contribution in [-0.2, 0) is 9.53 Å². The Morgan fingerprint density at radius 1 is 1.44 bits per heavy atom. The number of anilines is 1. The molecule has 1 amide bonds. The van der Waals surface area contributed by atoms with Gasteiger partial charge < -0.3 is 9.64 Å². The summed E-state index contributed by atoms with van der Waals surface area (Å²) in [5.41, 5.74) is 1.30. The first-order valence-corrected chi connectivity index (χ1v) is 6.38. The summed E-state index contributed by atoms with van der Waals surface area (Å²) in [5.74, 6) is 0.756. The lowest BCUT2D eigenvalue weighted by Gasteiger charge is -2.16. The number of carbonyl (C=O) groups excluding carboxylic acids is 2. The minimum Gasteiger partial charge on any atom is -0.465 e. The van der Waals surface area contributed by atoms with E-state index in [0.29, 0.717) is 30.2 Å². The summed E-state index contributed by atoms with van der Waals surface area (Å²) < 4.78 is 4.63. The molecule has 1 aliphatic heterocycles. The second-order valence-corrected chi connectivity index (χ2v) is 4.66. The van der Waals surface area contributed by atoms with E-state index < -0.39 is 0 Å². The van der Waals surface area contributed by atoms with Gasteiger partial charge in [-0.15, -0.1) is 0 Å². The SMILES string of the molecule is COC(=O)c1ccc(N2CC(CS)CC2=O)cc1. The lowest BCUT2D eigenvalue weighted by molar-refractivity contribution is -0.117. The van der Waals surface area contributed by atoms with Gasteiger partial charge in [0, 0.05) is 18.7 Å². The van der Waals surface area contributed by atoms with Gasteiger partial charge in [0.2, 0.25) is 5.91 Å². The van der Waals surface area contributed by atoms with Crippen molar-refractivity contribution >= 4 is 30.2 Å². The molecule has 1 aliphatic rings. The average molecular weight is 265 g/mol. The van der Waals surface area contributed by atoms with Crippen molar-refractivity contribution in [2.45, 2.75) is 6.42 Å². The molecule has 1 aromatic carbocycles. The van der Waals surface area contributed by atoms with Crippen LogP contribution >= 0.6 is 12.6 Å². The highest BCUT2D eigenvalue weighted by atomic mass is 32.1. The minimum atomic E-state index is -0.373. The number of benzene rings is 1.